The maximum atomic E-state index is 10.9. The van der Waals surface area contributed by atoms with E-state index in [4.69, 9.17) is 16.6 Å². The first kappa shape index (κ1) is 21.5. The number of nitrogens with one attached hydrogen (secondary N) is 1. The van der Waals surface area contributed by atoms with Gasteiger partial charge in [0.15, 0.2) is 5.82 Å². The zero-order chi connectivity index (χ0) is 22.8. The van der Waals surface area contributed by atoms with Crippen molar-refractivity contribution in [1.29, 1.82) is 0 Å². The fourth-order valence-electron chi connectivity index (χ4n) is 4.27. The van der Waals surface area contributed by atoms with Crippen molar-refractivity contribution in [2.24, 2.45) is 0 Å². The van der Waals surface area contributed by atoms with Crippen LogP contribution < -0.4 is 10.2 Å². The van der Waals surface area contributed by atoms with E-state index < -0.39 is 0 Å². The Kier molecular flexibility index (Phi) is 6.02. The predicted octanol–water partition coefficient (Wildman–Crippen LogP) is 3.72. The van der Waals surface area contributed by atoms with Crippen LogP contribution in [0, 0.1) is 0 Å². The molecular formula is C24H24ClN7O. The number of aromatic nitrogens is 4. The molecule has 1 fully saturated rings. The van der Waals surface area contributed by atoms with E-state index in [0.717, 1.165) is 65.8 Å². The molecule has 1 saturated heterocycles. The second kappa shape index (κ2) is 9.25. The molecule has 0 bridgehead atoms. The summed E-state index contributed by atoms with van der Waals surface area (Å²) in [6.45, 7) is 5.74. The van der Waals surface area contributed by atoms with Gasteiger partial charge in [-0.25, -0.2) is 15.0 Å². The minimum Gasteiger partial charge on any atom is -0.361 e. The summed E-state index contributed by atoms with van der Waals surface area (Å²) in [6.07, 6.45) is 4.25. The molecule has 0 unspecified atom stereocenters. The number of nitrogens with zero attached hydrogens (tertiary/aromatic N) is 6. The Morgan fingerprint density at radius 2 is 1.94 bits per heavy atom. The van der Waals surface area contributed by atoms with Crippen molar-refractivity contribution in [3.8, 4) is 0 Å². The van der Waals surface area contributed by atoms with E-state index in [-0.39, 0.29) is 6.04 Å². The lowest BCUT2D eigenvalue weighted by atomic mass is 10.0. The molecule has 9 heteroatoms. The Morgan fingerprint density at radius 1 is 1.09 bits per heavy atom. The number of pyridine rings is 2. The highest BCUT2D eigenvalue weighted by Crippen LogP contribution is 2.33. The second-order valence-corrected chi connectivity index (χ2v) is 8.53. The maximum absolute atomic E-state index is 10.9. The SMILES string of the molecule is C[C@H](Nc1ncnc2cccnc12)c1cc2cccc(Cl)c2nc1N1CCN(CC=O)CC1. The fourth-order valence-corrected chi connectivity index (χ4v) is 4.49. The van der Waals surface area contributed by atoms with Crippen molar-refractivity contribution < 1.29 is 4.79 Å². The van der Waals surface area contributed by atoms with Crippen molar-refractivity contribution in [1.82, 2.24) is 24.8 Å². The van der Waals surface area contributed by atoms with Gasteiger partial charge in [0.25, 0.3) is 0 Å². The number of carbonyl (C=O) groups is 1. The van der Waals surface area contributed by atoms with Crippen LogP contribution in [0.15, 0.2) is 48.9 Å². The number of piperazine rings is 1. The van der Waals surface area contributed by atoms with Crippen LogP contribution in [0.2, 0.25) is 5.02 Å². The van der Waals surface area contributed by atoms with Gasteiger partial charge in [-0.05, 0) is 31.2 Å². The summed E-state index contributed by atoms with van der Waals surface area (Å²) in [4.78, 5) is 33.6. The number of halogens is 1. The Labute approximate surface area is 196 Å². The molecule has 1 N–H and O–H groups in total. The van der Waals surface area contributed by atoms with Crippen LogP contribution >= 0.6 is 11.6 Å². The van der Waals surface area contributed by atoms with Gasteiger partial charge in [0, 0.05) is 43.3 Å². The number of benzene rings is 1. The van der Waals surface area contributed by atoms with E-state index in [1.807, 2.05) is 30.3 Å². The molecule has 4 heterocycles. The lowest BCUT2D eigenvalue weighted by molar-refractivity contribution is -0.108. The highest BCUT2D eigenvalue weighted by atomic mass is 35.5. The molecule has 0 radical (unpaired) electrons. The van der Waals surface area contributed by atoms with Crippen LogP contribution in [0.25, 0.3) is 21.9 Å². The molecule has 0 spiro atoms. The second-order valence-electron chi connectivity index (χ2n) is 8.13. The average molecular weight is 462 g/mol. The summed E-state index contributed by atoms with van der Waals surface area (Å²) in [6, 6.07) is 11.7. The zero-order valence-corrected chi connectivity index (χ0v) is 19.0. The molecule has 1 aliphatic rings. The highest BCUT2D eigenvalue weighted by Gasteiger charge is 2.24. The quantitative estimate of drug-likeness (QED) is 0.435. The lowest BCUT2D eigenvalue weighted by Gasteiger charge is -2.36. The molecule has 8 nitrogen and oxygen atoms in total. The zero-order valence-electron chi connectivity index (χ0n) is 18.3. The van der Waals surface area contributed by atoms with Crippen molar-refractivity contribution in [3.05, 3.63) is 59.5 Å². The number of carbonyl (C=O) groups excluding carboxylic acids is 1. The molecule has 5 rings (SSSR count). The molecule has 4 aromatic rings. The van der Waals surface area contributed by atoms with Gasteiger partial charge in [-0.2, -0.15) is 0 Å². The molecule has 33 heavy (non-hydrogen) atoms. The van der Waals surface area contributed by atoms with E-state index in [1.54, 1.807) is 12.5 Å². The van der Waals surface area contributed by atoms with E-state index in [0.29, 0.717) is 17.4 Å². The molecule has 168 valence electrons. The number of hydrogen-bond donors (Lipinski definition) is 1. The monoisotopic (exact) mass is 461 g/mol. The Morgan fingerprint density at radius 3 is 2.76 bits per heavy atom. The van der Waals surface area contributed by atoms with Gasteiger partial charge in [-0.15, -0.1) is 0 Å². The Bertz CT molecular complexity index is 1300. The summed E-state index contributed by atoms with van der Waals surface area (Å²) in [7, 11) is 0. The Hall–Kier alpha value is -3.36. The van der Waals surface area contributed by atoms with E-state index in [2.05, 4.69) is 43.1 Å². The summed E-state index contributed by atoms with van der Waals surface area (Å²) in [5, 5.41) is 5.14. The summed E-state index contributed by atoms with van der Waals surface area (Å²) in [5.74, 6) is 1.58. The van der Waals surface area contributed by atoms with Gasteiger partial charge in [-0.3, -0.25) is 9.88 Å². The third kappa shape index (κ3) is 4.31. The highest BCUT2D eigenvalue weighted by molar-refractivity contribution is 6.35. The van der Waals surface area contributed by atoms with E-state index in [9.17, 15) is 4.79 Å². The number of para-hydroxylation sites is 1. The molecule has 1 atom stereocenters. The molecule has 0 amide bonds. The van der Waals surface area contributed by atoms with Crippen molar-refractivity contribution in [2.75, 3.05) is 42.9 Å². The predicted molar refractivity (Wildman–Crippen MR) is 131 cm³/mol. The number of hydrogen-bond acceptors (Lipinski definition) is 8. The molecule has 0 saturated carbocycles. The number of rotatable bonds is 6. The van der Waals surface area contributed by atoms with Gasteiger partial charge >= 0.3 is 0 Å². The topological polar surface area (TPSA) is 87.1 Å². The molecule has 1 aliphatic heterocycles. The number of aldehydes is 1. The van der Waals surface area contributed by atoms with Crippen LogP contribution in [-0.2, 0) is 4.79 Å². The first-order valence-corrected chi connectivity index (χ1v) is 11.3. The molecular weight excluding hydrogens is 438 g/mol. The third-order valence-electron chi connectivity index (χ3n) is 6.02. The van der Waals surface area contributed by atoms with Gasteiger partial charge in [-0.1, -0.05) is 23.7 Å². The first-order chi connectivity index (χ1) is 16.1. The largest absolute Gasteiger partial charge is 0.361 e. The average Bonchev–Trinajstić information content (AvgIpc) is 2.84. The smallest absolute Gasteiger partial charge is 0.156 e. The molecule has 0 aliphatic carbocycles. The minimum atomic E-state index is -0.0935. The standard InChI is InChI=1S/C24H24ClN7O/c1-16(29-23-22-20(27-15-28-23)6-3-7-26-22)18-14-17-4-2-5-19(25)21(17)30-24(18)32-10-8-31(9-11-32)12-13-33/h2-7,13-16H,8-12H2,1H3,(H,27,28,29)/t16-/m0/s1. The van der Waals surface area contributed by atoms with Crippen molar-refractivity contribution in [2.45, 2.75) is 13.0 Å². The van der Waals surface area contributed by atoms with E-state index >= 15 is 0 Å². The fraction of sp³-hybridized carbons (Fsp3) is 0.292. The third-order valence-corrected chi connectivity index (χ3v) is 6.33. The maximum Gasteiger partial charge on any atom is 0.156 e. The summed E-state index contributed by atoms with van der Waals surface area (Å²) in [5.41, 5.74) is 3.36. The van der Waals surface area contributed by atoms with Gasteiger partial charge < -0.3 is 15.0 Å². The Balaban J connectivity index is 1.53. The first-order valence-electron chi connectivity index (χ1n) is 11.0. The van der Waals surface area contributed by atoms with Crippen LogP contribution in [0.1, 0.15) is 18.5 Å². The van der Waals surface area contributed by atoms with Crippen LogP contribution in [-0.4, -0.2) is 63.8 Å². The van der Waals surface area contributed by atoms with E-state index in [1.165, 1.54) is 0 Å². The van der Waals surface area contributed by atoms with Gasteiger partial charge in [0.05, 0.1) is 28.6 Å². The summed E-state index contributed by atoms with van der Waals surface area (Å²) < 4.78 is 0. The number of anilines is 2. The summed E-state index contributed by atoms with van der Waals surface area (Å²) >= 11 is 6.49. The molecule has 1 aromatic carbocycles. The van der Waals surface area contributed by atoms with Crippen molar-refractivity contribution in [3.63, 3.8) is 0 Å². The minimum absolute atomic E-state index is 0.0935. The normalized spacial score (nSPS) is 15.6. The van der Waals surface area contributed by atoms with Crippen LogP contribution in [0.5, 0.6) is 0 Å². The number of fused-ring (bicyclic) bond motifs is 2. The van der Waals surface area contributed by atoms with Crippen molar-refractivity contribution >= 4 is 51.5 Å². The van der Waals surface area contributed by atoms with Gasteiger partial charge in [0.2, 0.25) is 0 Å². The molecule has 3 aromatic heterocycles. The van der Waals surface area contributed by atoms with Crippen LogP contribution in [0.4, 0.5) is 11.6 Å². The van der Waals surface area contributed by atoms with Gasteiger partial charge in [0.1, 0.15) is 23.9 Å². The lowest BCUT2D eigenvalue weighted by Crippen LogP contribution is -2.47. The van der Waals surface area contributed by atoms with Crippen LogP contribution in [0.3, 0.4) is 0 Å².